The van der Waals surface area contributed by atoms with Crippen LogP contribution >= 0.6 is 0 Å². The van der Waals surface area contributed by atoms with Crippen molar-refractivity contribution < 1.29 is 9.59 Å². The van der Waals surface area contributed by atoms with Gasteiger partial charge in [-0.15, -0.1) is 0 Å². The van der Waals surface area contributed by atoms with Crippen LogP contribution in [0.4, 0.5) is 5.95 Å². The van der Waals surface area contributed by atoms with E-state index in [0.29, 0.717) is 11.5 Å². The lowest BCUT2D eigenvalue weighted by molar-refractivity contribution is -0.118. The summed E-state index contributed by atoms with van der Waals surface area (Å²) in [5.74, 6) is -0.289. The first-order valence-electron chi connectivity index (χ1n) is 8.57. The van der Waals surface area contributed by atoms with E-state index >= 15 is 0 Å². The van der Waals surface area contributed by atoms with Gasteiger partial charge in [0.1, 0.15) is 6.04 Å². The Bertz CT molecular complexity index is 895. The fourth-order valence-corrected chi connectivity index (χ4v) is 2.67. The fraction of sp³-hybridized carbons (Fsp3) is 0.250. The third-order valence-corrected chi connectivity index (χ3v) is 4.18. The predicted molar refractivity (Wildman–Crippen MR) is 102 cm³/mol. The molecule has 26 heavy (non-hydrogen) atoms. The number of aromatic amines is 1. The van der Waals surface area contributed by atoms with Crippen LogP contribution in [0.1, 0.15) is 29.8 Å². The number of hydrogen-bond acceptors (Lipinski definition) is 3. The summed E-state index contributed by atoms with van der Waals surface area (Å²) in [6.45, 7) is 5.73. The minimum atomic E-state index is -0.669. The Balaban J connectivity index is 1.73. The molecule has 0 spiro atoms. The summed E-state index contributed by atoms with van der Waals surface area (Å²) in [7, 11) is 0. The van der Waals surface area contributed by atoms with Gasteiger partial charge in [0.15, 0.2) is 0 Å². The van der Waals surface area contributed by atoms with Gasteiger partial charge in [-0.05, 0) is 37.1 Å². The maximum atomic E-state index is 12.7. The zero-order valence-corrected chi connectivity index (χ0v) is 15.0. The molecule has 0 saturated heterocycles. The number of benzene rings is 2. The molecule has 134 valence electrons. The highest BCUT2D eigenvalue weighted by atomic mass is 16.2. The molecule has 2 aromatic carbocycles. The minimum absolute atomic E-state index is 0.0752. The molecule has 2 amide bonds. The summed E-state index contributed by atoms with van der Waals surface area (Å²) < 4.78 is 0. The number of nitrogens with zero attached hydrogens (tertiary/aromatic N) is 1. The van der Waals surface area contributed by atoms with Crippen LogP contribution in [0.15, 0.2) is 48.5 Å². The van der Waals surface area contributed by atoms with Gasteiger partial charge in [-0.25, -0.2) is 4.98 Å². The number of carbonyl (C=O) groups excluding carboxylic acids is 2. The first-order valence-corrected chi connectivity index (χ1v) is 8.57. The molecule has 0 fully saturated rings. The Hall–Kier alpha value is -3.15. The molecule has 0 radical (unpaired) electrons. The molecular weight excluding hydrogens is 328 g/mol. The van der Waals surface area contributed by atoms with Crippen molar-refractivity contribution in [3.8, 4) is 0 Å². The second-order valence-electron chi connectivity index (χ2n) is 6.65. The van der Waals surface area contributed by atoms with Gasteiger partial charge in [0.05, 0.1) is 11.0 Å². The molecule has 3 aromatic rings. The van der Waals surface area contributed by atoms with Crippen LogP contribution in [-0.4, -0.2) is 27.8 Å². The van der Waals surface area contributed by atoms with E-state index in [1.165, 1.54) is 0 Å². The molecule has 1 heterocycles. The minimum Gasteiger partial charge on any atom is -0.340 e. The van der Waals surface area contributed by atoms with Gasteiger partial charge in [0.25, 0.3) is 5.91 Å². The first kappa shape index (κ1) is 17.7. The average molecular weight is 350 g/mol. The molecule has 6 heteroatoms. The number of para-hydroxylation sites is 2. The molecule has 0 bridgehead atoms. The number of nitrogens with one attached hydrogen (secondary N) is 3. The van der Waals surface area contributed by atoms with Crippen molar-refractivity contribution >= 4 is 28.8 Å². The van der Waals surface area contributed by atoms with Gasteiger partial charge in [0, 0.05) is 5.56 Å². The number of hydrogen-bond donors (Lipinski definition) is 3. The van der Waals surface area contributed by atoms with E-state index in [2.05, 4.69) is 20.6 Å². The van der Waals surface area contributed by atoms with Crippen LogP contribution in [0.5, 0.6) is 0 Å². The second-order valence-corrected chi connectivity index (χ2v) is 6.65. The Morgan fingerprint density at radius 1 is 1.04 bits per heavy atom. The number of H-pyrrole nitrogens is 1. The molecule has 0 aliphatic carbocycles. The molecule has 6 nitrogen and oxygen atoms in total. The number of anilines is 1. The van der Waals surface area contributed by atoms with Gasteiger partial charge in [-0.1, -0.05) is 43.7 Å². The maximum absolute atomic E-state index is 12.7. The van der Waals surface area contributed by atoms with Gasteiger partial charge < -0.3 is 10.3 Å². The molecule has 3 rings (SSSR count). The maximum Gasteiger partial charge on any atom is 0.251 e. The van der Waals surface area contributed by atoms with Gasteiger partial charge in [0.2, 0.25) is 11.9 Å². The number of rotatable bonds is 5. The Morgan fingerprint density at radius 3 is 2.38 bits per heavy atom. The summed E-state index contributed by atoms with van der Waals surface area (Å²) in [5.41, 5.74) is 3.21. The lowest BCUT2D eigenvalue weighted by Crippen LogP contribution is -2.47. The highest BCUT2D eigenvalue weighted by molar-refractivity contribution is 6.01. The summed E-state index contributed by atoms with van der Waals surface area (Å²) in [6.07, 6.45) is 0. The van der Waals surface area contributed by atoms with Crippen LogP contribution < -0.4 is 10.6 Å². The number of imidazole rings is 1. The summed E-state index contributed by atoms with van der Waals surface area (Å²) in [5, 5.41) is 5.57. The monoisotopic (exact) mass is 350 g/mol. The van der Waals surface area contributed by atoms with Gasteiger partial charge in [-0.3, -0.25) is 14.9 Å². The van der Waals surface area contributed by atoms with E-state index in [-0.39, 0.29) is 17.7 Å². The zero-order chi connectivity index (χ0) is 18.7. The number of aryl methyl sites for hydroxylation is 1. The van der Waals surface area contributed by atoms with Crippen LogP contribution in [0.3, 0.4) is 0 Å². The normalized spacial score (nSPS) is 12.2. The molecule has 1 aromatic heterocycles. The number of amides is 2. The standard InChI is InChI=1S/C20H22N4O2/c1-12(2)17(23-18(25)14-10-8-13(3)9-11-14)19(26)24-20-21-15-6-4-5-7-16(15)22-20/h4-12,17H,1-3H3,(H,23,25)(H2,21,22,24,26). The largest absolute Gasteiger partial charge is 0.340 e. The SMILES string of the molecule is Cc1ccc(C(=O)NC(C(=O)Nc2nc3ccccc3[nH]2)C(C)C)cc1. The number of aromatic nitrogens is 2. The molecule has 3 N–H and O–H groups in total. The smallest absolute Gasteiger partial charge is 0.251 e. The van der Waals surface area contributed by atoms with E-state index in [0.717, 1.165) is 16.6 Å². The quantitative estimate of drug-likeness (QED) is 0.660. The van der Waals surface area contributed by atoms with Gasteiger partial charge >= 0.3 is 0 Å². The van der Waals surface area contributed by atoms with E-state index < -0.39 is 6.04 Å². The molecule has 1 unspecified atom stereocenters. The topological polar surface area (TPSA) is 86.9 Å². The van der Waals surface area contributed by atoms with Crippen molar-refractivity contribution in [3.05, 3.63) is 59.7 Å². The summed E-state index contributed by atoms with van der Waals surface area (Å²) in [4.78, 5) is 32.5. The molecule has 0 aliphatic heterocycles. The van der Waals surface area contributed by atoms with E-state index in [1.54, 1.807) is 12.1 Å². The van der Waals surface area contributed by atoms with E-state index in [1.807, 2.05) is 57.2 Å². The van der Waals surface area contributed by atoms with E-state index in [9.17, 15) is 9.59 Å². The average Bonchev–Trinajstić information content (AvgIpc) is 3.01. The molecule has 0 aliphatic rings. The highest BCUT2D eigenvalue weighted by Gasteiger charge is 2.25. The van der Waals surface area contributed by atoms with Crippen LogP contribution in [0, 0.1) is 12.8 Å². The molecular formula is C20H22N4O2. The van der Waals surface area contributed by atoms with Crippen molar-refractivity contribution in [2.75, 3.05) is 5.32 Å². The fourth-order valence-electron chi connectivity index (χ4n) is 2.67. The summed E-state index contributed by atoms with van der Waals surface area (Å²) >= 11 is 0. The molecule has 0 saturated carbocycles. The van der Waals surface area contributed by atoms with Crippen molar-refractivity contribution in [3.63, 3.8) is 0 Å². The number of fused-ring (bicyclic) bond motifs is 1. The van der Waals surface area contributed by atoms with Crippen LogP contribution in [0.25, 0.3) is 11.0 Å². The lowest BCUT2D eigenvalue weighted by Gasteiger charge is -2.21. The predicted octanol–water partition coefficient (Wildman–Crippen LogP) is 3.26. The van der Waals surface area contributed by atoms with Crippen LogP contribution in [0.2, 0.25) is 0 Å². The Labute approximate surface area is 152 Å². The lowest BCUT2D eigenvalue weighted by atomic mass is 10.0. The van der Waals surface area contributed by atoms with Gasteiger partial charge in [-0.2, -0.15) is 0 Å². The highest BCUT2D eigenvalue weighted by Crippen LogP contribution is 2.14. The third kappa shape index (κ3) is 3.91. The van der Waals surface area contributed by atoms with Crippen LogP contribution in [-0.2, 0) is 4.79 Å². The zero-order valence-electron chi connectivity index (χ0n) is 15.0. The van der Waals surface area contributed by atoms with Crippen molar-refractivity contribution in [2.24, 2.45) is 5.92 Å². The van der Waals surface area contributed by atoms with Crippen molar-refractivity contribution in [1.82, 2.24) is 15.3 Å². The molecule has 1 atom stereocenters. The van der Waals surface area contributed by atoms with E-state index in [4.69, 9.17) is 0 Å². The number of carbonyl (C=O) groups is 2. The Kier molecular flexibility index (Phi) is 5.02. The third-order valence-electron chi connectivity index (χ3n) is 4.18. The van der Waals surface area contributed by atoms with Crippen molar-refractivity contribution in [2.45, 2.75) is 26.8 Å². The summed E-state index contributed by atoms with van der Waals surface area (Å²) in [6, 6.07) is 14.1. The Morgan fingerprint density at radius 2 is 1.73 bits per heavy atom. The first-order chi connectivity index (χ1) is 12.4. The second kappa shape index (κ2) is 7.39. The van der Waals surface area contributed by atoms with Crippen molar-refractivity contribution in [1.29, 1.82) is 0 Å².